The SMILES string of the molecule is Cc1ccccc1N1CCCN(C(=O)CCC2(CCC(=O)O)CCC(=O)N2)CC1. The maximum atomic E-state index is 12.9. The van der Waals surface area contributed by atoms with Crippen LogP contribution in [0.25, 0.3) is 0 Å². The van der Waals surface area contributed by atoms with E-state index in [1.165, 1.54) is 11.3 Å². The van der Waals surface area contributed by atoms with Crippen LogP contribution in [0.4, 0.5) is 5.69 Å². The van der Waals surface area contributed by atoms with Gasteiger partial charge in [-0.25, -0.2) is 0 Å². The fourth-order valence-corrected chi connectivity index (χ4v) is 4.45. The van der Waals surface area contributed by atoms with E-state index in [0.29, 0.717) is 38.6 Å². The van der Waals surface area contributed by atoms with Gasteiger partial charge in [0, 0.05) is 56.7 Å². The van der Waals surface area contributed by atoms with Crippen molar-refractivity contribution in [1.29, 1.82) is 0 Å². The minimum atomic E-state index is -0.874. The second kappa shape index (κ2) is 9.29. The summed E-state index contributed by atoms with van der Waals surface area (Å²) in [5.41, 5.74) is 1.91. The number of rotatable bonds is 7. The van der Waals surface area contributed by atoms with E-state index in [4.69, 9.17) is 5.11 Å². The summed E-state index contributed by atoms with van der Waals surface area (Å²) < 4.78 is 0. The van der Waals surface area contributed by atoms with Crippen LogP contribution in [-0.2, 0) is 14.4 Å². The van der Waals surface area contributed by atoms with Gasteiger partial charge >= 0.3 is 5.97 Å². The van der Waals surface area contributed by atoms with Gasteiger partial charge in [0.05, 0.1) is 0 Å². The van der Waals surface area contributed by atoms with Crippen molar-refractivity contribution in [1.82, 2.24) is 10.2 Å². The monoisotopic (exact) mass is 401 g/mol. The molecule has 0 radical (unpaired) electrons. The Morgan fingerprint density at radius 1 is 1.10 bits per heavy atom. The molecule has 2 heterocycles. The van der Waals surface area contributed by atoms with Gasteiger partial charge in [0.15, 0.2) is 0 Å². The molecule has 29 heavy (non-hydrogen) atoms. The molecule has 2 N–H and O–H groups in total. The van der Waals surface area contributed by atoms with Crippen molar-refractivity contribution >= 4 is 23.5 Å². The predicted octanol–water partition coefficient (Wildman–Crippen LogP) is 2.33. The Kier molecular flexibility index (Phi) is 6.77. The summed E-state index contributed by atoms with van der Waals surface area (Å²) in [7, 11) is 0. The number of carbonyl (C=O) groups excluding carboxylic acids is 2. The standard InChI is InChI=1S/C22H31N3O4/c1-17-5-2-3-6-18(17)24-13-4-14-25(16-15-24)20(27)8-11-22(12-9-21(28)29)10-7-19(26)23-22/h2-3,5-6H,4,7-16H2,1H3,(H,23,26)(H,28,29). The number of benzene rings is 1. The molecule has 2 saturated heterocycles. The van der Waals surface area contributed by atoms with Gasteiger partial charge in [-0.3, -0.25) is 14.4 Å². The van der Waals surface area contributed by atoms with Crippen LogP contribution in [0.1, 0.15) is 50.5 Å². The van der Waals surface area contributed by atoms with E-state index in [1.807, 2.05) is 17.0 Å². The van der Waals surface area contributed by atoms with Crippen LogP contribution in [0.3, 0.4) is 0 Å². The number of anilines is 1. The highest BCUT2D eigenvalue weighted by Crippen LogP contribution is 2.30. The highest BCUT2D eigenvalue weighted by Gasteiger charge is 2.38. The Bertz CT molecular complexity index is 766. The third-order valence-electron chi connectivity index (χ3n) is 6.17. The fraction of sp³-hybridized carbons (Fsp3) is 0.591. The van der Waals surface area contributed by atoms with Gasteiger partial charge in [-0.1, -0.05) is 18.2 Å². The molecule has 0 aliphatic carbocycles. The van der Waals surface area contributed by atoms with Crippen molar-refractivity contribution in [3.05, 3.63) is 29.8 Å². The van der Waals surface area contributed by atoms with Gasteiger partial charge in [-0.05, 0) is 44.2 Å². The van der Waals surface area contributed by atoms with Crippen LogP contribution >= 0.6 is 0 Å². The first-order chi connectivity index (χ1) is 13.9. The molecule has 2 aliphatic heterocycles. The van der Waals surface area contributed by atoms with Gasteiger partial charge in [0.25, 0.3) is 0 Å². The Morgan fingerprint density at radius 2 is 1.86 bits per heavy atom. The Labute approximate surface area is 172 Å². The topological polar surface area (TPSA) is 90.0 Å². The number of carbonyl (C=O) groups is 3. The van der Waals surface area contributed by atoms with Crippen LogP contribution in [0.2, 0.25) is 0 Å². The van der Waals surface area contributed by atoms with E-state index in [2.05, 4.69) is 29.3 Å². The Hall–Kier alpha value is -2.57. The first-order valence-corrected chi connectivity index (χ1v) is 10.5. The number of nitrogens with zero attached hydrogens (tertiary/aromatic N) is 2. The Morgan fingerprint density at radius 3 is 2.55 bits per heavy atom. The lowest BCUT2D eigenvalue weighted by molar-refractivity contribution is -0.137. The zero-order valence-electron chi connectivity index (χ0n) is 17.2. The summed E-state index contributed by atoms with van der Waals surface area (Å²) in [5, 5.41) is 12.0. The molecule has 0 spiro atoms. The summed E-state index contributed by atoms with van der Waals surface area (Å²) >= 11 is 0. The maximum Gasteiger partial charge on any atom is 0.303 e. The lowest BCUT2D eigenvalue weighted by Gasteiger charge is -2.30. The van der Waals surface area contributed by atoms with E-state index in [9.17, 15) is 14.4 Å². The second-order valence-corrected chi connectivity index (χ2v) is 8.23. The molecule has 3 rings (SSSR count). The summed E-state index contributed by atoms with van der Waals surface area (Å²) in [6.07, 6.45) is 3.15. The average molecular weight is 402 g/mol. The molecule has 7 heteroatoms. The van der Waals surface area contributed by atoms with E-state index < -0.39 is 11.5 Å². The lowest BCUT2D eigenvalue weighted by Crippen LogP contribution is -2.43. The molecule has 1 aromatic rings. The number of nitrogens with one attached hydrogen (secondary N) is 1. The first-order valence-electron chi connectivity index (χ1n) is 10.5. The predicted molar refractivity (Wildman–Crippen MR) is 111 cm³/mol. The Balaban J connectivity index is 1.55. The quantitative estimate of drug-likeness (QED) is 0.732. The summed E-state index contributed by atoms with van der Waals surface area (Å²) in [5.74, 6) is -0.834. The summed E-state index contributed by atoms with van der Waals surface area (Å²) in [6.45, 7) is 5.25. The van der Waals surface area contributed by atoms with Gasteiger partial charge in [-0.15, -0.1) is 0 Å². The highest BCUT2D eigenvalue weighted by molar-refractivity contribution is 5.80. The van der Waals surface area contributed by atoms with Gasteiger partial charge in [0.2, 0.25) is 11.8 Å². The molecule has 1 aromatic carbocycles. The first kappa shape index (κ1) is 21.1. The summed E-state index contributed by atoms with van der Waals surface area (Å²) in [4.78, 5) is 39.8. The molecule has 2 aliphatic rings. The third kappa shape index (κ3) is 5.49. The smallest absolute Gasteiger partial charge is 0.303 e. The van der Waals surface area contributed by atoms with Crippen molar-refractivity contribution in [2.24, 2.45) is 0 Å². The number of para-hydroxylation sites is 1. The van der Waals surface area contributed by atoms with Gasteiger partial charge < -0.3 is 20.2 Å². The zero-order chi connectivity index (χ0) is 20.9. The molecule has 2 fully saturated rings. The average Bonchev–Trinajstić information content (AvgIpc) is 2.90. The molecule has 1 unspecified atom stereocenters. The number of carboxylic acid groups (broad SMARTS) is 1. The molecule has 0 bridgehead atoms. The molecule has 0 aromatic heterocycles. The largest absolute Gasteiger partial charge is 0.481 e. The van der Waals surface area contributed by atoms with Crippen LogP contribution in [0, 0.1) is 6.92 Å². The van der Waals surface area contributed by atoms with E-state index in [0.717, 1.165) is 26.1 Å². The van der Waals surface area contributed by atoms with Crippen molar-refractivity contribution < 1.29 is 19.5 Å². The van der Waals surface area contributed by atoms with Crippen molar-refractivity contribution in [2.75, 3.05) is 31.1 Å². The van der Waals surface area contributed by atoms with Crippen molar-refractivity contribution in [2.45, 2.75) is 57.4 Å². The number of aryl methyl sites for hydroxylation is 1. The van der Waals surface area contributed by atoms with Gasteiger partial charge in [-0.2, -0.15) is 0 Å². The number of aliphatic carboxylic acids is 1. The minimum absolute atomic E-state index is 0.00354. The molecule has 7 nitrogen and oxygen atoms in total. The summed E-state index contributed by atoms with van der Waals surface area (Å²) in [6, 6.07) is 8.31. The fourth-order valence-electron chi connectivity index (χ4n) is 4.45. The zero-order valence-corrected chi connectivity index (χ0v) is 17.2. The van der Waals surface area contributed by atoms with Crippen molar-refractivity contribution in [3.63, 3.8) is 0 Å². The highest BCUT2D eigenvalue weighted by atomic mass is 16.4. The molecular weight excluding hydrogens is 370 g/mol. The third-order valence-corrected chi connectivity index (χ3v) is 6.17. The normalized spacial score (nSPS) is 22.3. The number of amides is 2. The van der Waals surface area contributed by atoms with E-state index in [1.54, 1.807) is 0 Å². The number of carboxylic acids is 1. The maximum absolute atomic E-state index is 12.9. The number of hydrogen-bond acceptors (Lipinski definition) is 4. The molecule has 0 saturated carbocycles. The van der Waals surface area contributed by atoms with Crippen LogP contribution in [-0.4, -0.2) is 59.5 Å². The van der Waals surface area contributed by atoms with Crippen LogP contribution in [0.5, 0.6) is 0 Å². The van der Waals surface area contributed by atoms with Gasteiger partial charge in [0.1, 0.15) is 0 Å². The minimum Gasteiger partial charge on any atom is -0.481 e. The van der Waals surface area contributed by atoms with Crippen LogP contribution < -0.4 is 10.2 Å². The number of hydrogen-bond donors (Lipinski definition) is 2. The molecular formula is C22H31N3O4. The van der Waals surface area contributed by atoms with E-state index >= 15 is 0 Å². The molecule has 2 amide bonds. The second-order valence-electron chi connectivity index (χ2n) is 8.23. The molecule has 1 atom stereocenters. The van der Waals surface area contributed by atoms with Crippen molar-refractivity contribution in [3.8, 4) is 0 Å². The molecule has 158 valence electrons. The lowest BCUT2D eigenvalue weighted by atomic mass is 9.86. The van der Waals surface area contributed by atoms with Crippen LogP contribution in [0.15, 0.2) is 24.3 Å². The van der Waals surface area contributed by atoms with E-state index in [-0.39, 0.29) is 18.2 Å².